The molecule has 1 aromatic heterocycles. The Morgan fingerprint density at radius 1 is 0.917 bits per heavy atom. The first-order chi connectivity index (χ1) is 17.3. The van der Waals surface area contributed by atoms with Gasteiger partial charge in [-0.3, -0.25) is 0 Å². The van der Waals surface area contributed by atoms with Gasteiger partial charge < -0.3 is 0 Å². The van der Waals surface area contributed by atoms with Gasteiger partial charge in [0.05, 0.1) is 5.16 Å². The number of allylic oxidation sites excluding steroid dienone is 1. The van der Waals surface area contributed by atoms with Crippen LogP contribution in [0.1, 0.15) is 56.0 Å². The number of aromatic nitrogens is 2. The monoisotopic (exact) mass is 517 g/mol. The van der Waals surface area contributed by atoms with Crippen molar-refractivity contribution in [3.63, 3.8) is 0 Å². The molecule has 1 heterocycles. The smallest absolute Gasteiger partial charge is 0.161 e. The molecule has 36 heavy (non-hydrogen) atoms. The minimum absolute atomic E-state index is 0.0233. The number of rotatable bonds is 11. The lowest BCUT2D eigenvalue weighted by atomic mass is 10.0. The third kappa shape index (κ3) is 7.12. The van der Waals surface area contributed by atoms with E-state index in [0.29, 0.717) is 49.1 Å². The lowest BCUT2D eigenvalue weighted by Crippen LogP contribution is -1.98. The van der Waals surface area contributed by atoms with Crippen LogP contribution in [0, 0.1) is 17.5 Å². The molecule has 0 unspecified atom stereocenters. The van der Waals surface area contributed by atoms with Crippen LogP contribution in [0.4, 0.5) is 27.6 Å². The van der Waals surface area contributed by atoms with E-state index in [0.717, 1.165) is 12.5 Å². The number of unbranched alkanes of at least 4 members (excludes halogenated alkanes) is 2. The van der Waals surface area contributed by atoms with E-state index in [1.165, 1.54) is 36.7 Å². The molecular weight excluding hydrogens is 493 g/mol. The van der Waals surface area contributed by atoms with Crippen molar-refractivity contribution < 1.29 is 22.0 Å². The molecule has 0 saturated heterocycles. The van der Waals surface area contributed by atoms with E-state index in [9.17, 15) is 22.0 Å². The van der Waals surface area contributed by atoms with Crippen molar-refractivity contribution >= 4 is 28.9 Å². The first-order valence-corrected chi connectivity index (χ1v) is 12.0. The number of benzene rings is 2. The van der Waals surface area contributed by atoms with Crippen molar-refractivity contribution in [2.45, 2.75) is 51.9 Å². The first kappa shape index (κ1) is 27.3. The fraction of sp³-hybridized carbons (Fsp3) is 0.296. The molecule has 3 aromatic rings. The molecule has 0 amide bonds. The molecular formula is C27H24F5N3S. The number of hydrogen-bond acceptors (Lipinski definition) is 4. The predicted molar refractivity (Wildman–Crippen MR) is 134 cm³/mol. The largest absolute Gasteiger partial charge is 0.241 e. The quantitative estimate of drug-likeness (QED) is 0.111. The number of halogens is 5. The highest BCUT2D eigenvalue weighted by Crippen LogP contribution is 2.29. The Labute approximate surface area is 211 Å². The van der Waals surface area contributed by atoms with Crippen LogP contribution in [0.3, 0.4) is 0 Å². The highest BCUT2D eigenvalue weighted by atomic mass is 32.1. The predicted octanol–water partition coefficient (Wildman–Crippen LogP) is 8.66. The maximum absolute atomic E-state index is 14.6. The van der Waals surface area contributed by atoms with Crippen molar-refractivity contribution in [2.24, 2.45) is 4.99 Å². The normalized spacial score (nSPS) is 11.7. The van der Waals surface area contributed by atoms with Crippen LogP contribution in [0.5, 0.6) is 0 Å². The number of aliphatic imine (C=N–C) groups is 1. The maximum Gasteiger partial charge on any atom is 0.161 e. The summed E-state index contributed by atoms with van der Waals surface area (Å²) in [6, 6.07) is 6.11. The lowest BCUT2D eigenvalue weighted by Gasteiger charge is -2.07. The highest BCUT2D eigenvalue weighted by Gasteiger charge is 2.14. The lowest BCUT2D eigenvalue weighted by molar-refractivity contribution is 0.548. The van der Waals surface area contributed by atoms with Gasteiger partial charge in [0.15, 0.2) is 17.5 Å². The molecule has 0 saturated carbocycles. The maximum atomic E-state index is 14.6. The number of aryl methyl sites for hydroxylation is 2. The number of nitrogens with zero attached hydrogens (tertiary/aromatic N) is 3. The van der Waals surface area contributed by atoms with E-state index in [4.69, 9.17) is 0 Å². The van der Waals surface area contributed by atoms with E-state index >= 15 is 0 Å². The third-order valence-corrected chi connectivity index (χ3v) is 5.67. The average molecular weight is 518 g/mol. The summed E-state index contributed by atoms with van der Waals surface area (Å²) < 4.78 is 70.6. The van der Waals surface area contributed by atoms with Crippen LogP contribution in [0.15, 0.2) is 53.5 Å². The Morgan fingerprint density at radius 3 is 2.19 bits per heavy atom. The van der Waals surface area contributed by atoms with Crippen LogP contribution in [-0.4, -0.2) is 15.1 Å². The summed E-state index contributed by atoms with van der Waals surface area (Å²) in [5.74, 6) is -3.69. The number of thiocarbonyl (C=S) groups is 1. The van der Waals surface area contributed by atoms with Gasteiger partial charge in [-0.05, 0) is 61.7 Å². The Morgan fingerprint density at radius 2 is 1.58 bits per heavy atom. The fourth-order valence-corrected chi connectivity index (χ4v) is 3.73. The zero-order valence-corrected chi connectivity index (χ0v) is 20.4. The molecule has 0 bridgehead atoms. The molecule has 0 N–H and O–H groups in total. The van der Waals surface area contributed by atoms with Crippen molar-refractivity contribution in [2.75, 3.05) is 0 Å². The Balaban J connectivity index is 1.58. The van der Waals surface area contributed by atoms with E-state index in [1.807, 2.05) is 12.1 Å². The van der Waals surface area contributed by atoms with Crippen LogP contribution < -0.4 is 0 Å². The van der Waals surface area contributed by atoms with Gasteiger partial charge in [-0.15, -0.1) is 0 Å². The molecule has 9 heteroatoms. The van der Waals surface area contributed by atoms with E-state index < -0.39 is 34.8 Å². The zero-order chi connectivity index (χ0) is 26.1. The average Bonchev–Trinajstić information content (AvgIpc) is 2.87. The summed E-state index contributed by atoms with van der Waals surface area (Å²) in [5, 5.41) is 1.95. The van der Waals surface area contributed by atoms with Crippen LogP contribution in [0.2, 0.25) is 0 Å². The minimum Gasteiger partial charge on any atom is -0.241 e. The van der Waals surface area contributed by atoms with Crippen molar-refractivity contribution in [3.8, 4) is 11.1 Å². The Bertz CT molecular complexity index is 1260. The van der Waals surface area contributed by atoms with Gasteiger partial charge in [-0.2, -0.15) is 4.99 Å². The Kier molecular flexibility index (Phi) is 9.96. The third-order valence-electron chi connectivity index (χ3n) is 5.58. The summed E-state index contributed by atoms with van der Waals surface area (Å²) in [7, 11) is 0. The molecule has 3 nitrogen and oxygen atoms in total. The first-order valence-electron chi connectivity index (χ1n) is 11.5. The molecule has 0 fully saturated rings. The second kappa shape index (κ2) is 13.1. The second-order valence-electron chi connectivity index (χ2n) is 8.22. The Hall–Kier alpha value is -3.29. The van der Waals surface area contributed by atoms with Crippen LogP contribution in [-0.2, 0) is 12.8 Å². The summed E-state index contributed by atoms with van der Waals surface area (Å²) in [6.07, 6.45) is 6.43. The SMILES string of the molecule is CCCCC(F)=C(F)c1ccc(-c2cnc(CCCCc3cc(F)c(N=C=S)c(F)c3)nc2)c(F)c1. The standard InChI is InChI=1S/C27H24F5N3S/c1-2-3-7-21(28)26(32)18-9-10-20(22(29)13-18)19-14-33-25(34-15-19)8-5-4-6-17-11-23(30)27(35-16-36)24(31)12-17/h9-15H,2-8H2,1H3. The van der Waals surface area contributed by atoms with Gasteiger partial charge in [-0.1, -0.05) is 25.5 Å². The molecule has 0 radical (unpaired) electrons. The molecule has 188 valence electrons. The minimum atomic E-state index is -1.05. The molecule has 0 aliphatic carbocycles. The van der Waals surface area contributed by atoms with E-state index in [2.05, 4.69) is 27.2 Å². The van der Waals surface area contributed by atoms with Gasteiger partial charge in [0.1, 0.15) is 23.2 Å². The fourth-order valence-electron chi connectivity index (χ4n) is 3.63. The van der Waals surface area contributed by atoms with Crippen LogP contribution in [0.25, 0.3) is 17.0 Å². The van der Waals surface area contributed by atoms with Crippen molar-refractivity contribution in [3.05, 3.63) is 83.0 Å². The van der Waals surface area contributed by atoms with Gasteiger partial charge in [0.25, 0.3) is 0 Å². The number of isothiocyanates is 1. The van der Waals surface area contributed by atoms with Crippen molar-refractivity contribution in [1.29, 1.82) is 0 Å². The second-order valence-corrected chi connectivity index (χ2v) is 8.41. The number of hydrogen-bond donors (Lipinski definition) is 0. The van der Waals surface area contributed by atoms with Gasteiger partial charge >= 0.3 is 0 Å². The molecule has 0 aliphatic rings. The van der Waals surface area contributed by atoms with Gasteiger partial charge in [0.2, 0.25) is 0 Å². The van der Waals surface area contributed by atoms with Crippen LogP contribution >= 0.6 is 12.2 Å². The summed E-state index contributed by atoms with van der Waals surface area (Å²) in [6.45, 7) is 1.87. The molecule has 2 aromatic carbocycles. The van der Waals surface area contributed by atoms with Gasteiger partial charge in [0, 0.05) is 41.9 Å². The van der Waals surface area contributed by atoms with Gasteiger partial charge in [-0.25, -0.2) is 31.9 Å². The van der Waals surface area contributed by atoms with E-state index in [1.54, 1.807) is 0 Å². The molecule has 0 atom stereocenters. The summed E-state index contributed by atoms with van der Waals surface area (Å²) in [5.41, 5.74) is 0.485. The summed E-state index contributed by atoms with van der Waals surface area (Å²) in [4.78, 5) is 11.9. The summed E-state index contributed by atoms with van der Waals surface area (Å²) >= 11 is 4.39. The molecule has 3 rings (SSSR count). The zero-order valence-electron chi connectivity index (χ0n) is 19.6. The molecule has 0 aliphatic heterocycles. The topological polar surface area (TPSA) is 38.1 Å². The van der Waals surface area contributed by atoms with Crippen molar-refractivity contribution in [1.82, 2.24) is 9.97 Å². The highest BCUT2D eigenvalue weighted by molar-refractivity contribution is 7.78. The van der Waals surface area contributed by atoms with E-state index in [-0.39, 0.29) is 17.5 Å². The molecule has 0 spiro atoms.